The first-order valence-electron chi connectivity index (χ1n) is 6.88. The molecule has 1 aliphatic heterocycles. The highest BCUT2D eigenvalue weighted by atomic mass is 16.1. The van der Waals surface area contributed by atoms with Gasteiger partial charge >= 0.3 is 0 Å². The Labute approximate surface area is 123 Å². The third-order valence-corrected chi connectivity index (χ3v) is 3.42. The fourth-order valence-electron chi connectivity index (χ4n) is 2.29. The first-order chi connectivity index (χ1) is 10.2. The number of anilines is 3. The highest BCUT2D eigenvalue weighted by Crippen LogP contribution is 2.35. The van der Waals surface area contributed by atoms with Gasteiger partial charge in [0, 0.05) is 11.6 Å². The second-order valence-electron chi connectivity index (χ2n) is 5.14. The fourth-order valence-corrected chi connectivity index (χ4v) is 2.29. The summed E-state index contributed by atoms with van der Waals surface area (Å²) in [6.07, 6.45) is 1.47. The molecule has 0 saturated carbocycles. The number of nitrogens with zero attached hydrogens (tertiary/aromatic N) is 3. The van der Waals surface area contributed by atoms with Crippen molar-refractivity contribution >= 4 is 23.2 Å². The van der Waals surface area contributed by atoms with Gasteiger partial charge < -0.3 is 15.5 Å². The van der Waals surface area contributed by atoms with E-state index in [1.807, 2.05) is 18.2 Å². The third-order valence-electron chi connectivity index (χ3n) is 3.42. The van der Waals surface area contributed by atoms with E-state index < -0.39 is 0 Å². The molecule has 6 nitrogen and oxygen atoms in total. The molecule has 2 aromatic rings. The summed E-state index contributed by atoms with van der Waals surface area (Å²) < 4.78 is 0. The van der Waals surface area contributed by atoms with Gasteiger partial charge in [0.15, 0.2) is 11.6 Å². The zero-order chi connectivity index (χ0) is 14.8. The van der Waals surface area contributed by atoms with Crippen LogP contribution in [0, 0.1) is 0 Å². The van der Waals surface area contributed by atoms with Crippen LogP contribution in [0.2, 0.25) is 0 Å². The van der Waals surface area contributed by atoms with Gasteiger partial charge in [-0.05, 0) is 26.0 Å². The molecule has 0 saturated heterocycles. The number of hydrogen-bond acceptors (Lipinski definition) is 5. The van der Waals surface area contributed by atoms with E-state index in [0.29, 0.717) is 24.1 Å². The Morgan fingerprint density at radius 1 is 1.29 bits per heavy atom. The summed E-state index contributed by atoms with van der Waals surface area (Å²) in [5, 5.41) is 6.08. The van der Waals surface area contributed by atoms with Crippen LogP contribution in [0.25, 0.3) is 0 Å². The predicted molar refractivity (Wildman–Crippen MR) is 82.5 cm³/mol. The number of amides is 1. The van der Waals surface area contributed by atoms with E-state index in [2.05, 4.69) is 39.3 Å². The maximum Gasteiger partial charge on any atom is 0.256 e. The van der Waals surface area contributed by atoms with Crippen LogP contribution in [0.1, 0.15) is 24.2 Å². The van der Waals surface area contributed by atoms with E-state index >= 15 is 0 Å². The SMILES string of the molecule is CC(C)N1CNc2c(NC(=O)c3ccccc3)ncnc21. The van der Waals surface area contributed by atoms with E-state index in [1.54, 1.807) is 12.1 Å². The molecular formula is C15H17N5O. The van der Waals surface area contributed by atoms with Crippen LogP contribution in [0.15, 0.2) is 36.7 Å². The lowest BCUT2D eigenvalue weighted by molar-refractivity contribution is 0.102. The van der Waals surface area contributed by atoms with Crippen molar-refractivity contribution in [1.82, 2.24) is 9.97 Å². The number of benzene rings is 1. The molecule has 2 N–H and O–H groups in total. The lowest BCUT2D eigenvalue weighted by Gasteiger charge is -2.21. The number of rotatable bonds is 3. The molecule has 6 heteroatoms. The van der Waals surface area contributed by atoms with Crippen LogP contribution in [-0.4, -0.2) is 28.6 Å². The van der Waals surface area contributed by atoms with Gasteiger partial charge in [0.1, 0.15) is 12.0 Å². The smallest absolute Gasteiger partial charge is 0.256 e. The van der Waals surface area contributed by atoms with Crippen LogP contribution >= 0.6 is 0 Å². The molecule has 108 valence electrons. The summed E-state index contributed by atoms with van der Waals surface area (Å²) in [7, 11) is 0. The van der Waals surface area contributed by atoms with E-state index in [1.165, 1.54) is 6.33 Å². The maximum atomic E-state index is 12.2. The largest absolute Gasteiger partial charge is 0.362 e. The van der Waals surface area contributed by atoms with Crippen LogP contribution in [0.5, 0.6) is 0 Å². The molecule has 0 atom stereocenters. The number of fused-ring (bicyclic) bond motifs is 1. The Morgan fingerprint density at radius 2 is 2.05 bits per heavy atom. The highest BCUT2D eigenvalue weighted by molar-refractivity contribution is 6.06. The lowest BCUT2D eigenvalue weighted by Crippen LogP contribution is -2.30. The number of hydrogen-bond donors (Lipinski definition) is 2. The van der Waals surface area contributed by atoms with Gasteiger partial charge in [-0.3, -0.25) is 4.79 Å². The number of aromatic nitrogens is 2. The zero-order valence-electron chi connectivity index (χ0n) is 12.0. The molecule has 21 heavy (non-hydrogen) atoms. The first-order valence-corrected chi connectivity index (χ1v) is 6.88. The molecule has 3 rings (SSSR count). The molecule has 1 aliphatic rings. The topological polar surface area (TPSA) is 70.2 Å². The average Bonchev–Trinajstić information content (AvgIpc) is 2.93. The average molecular weight is 283 g/mol. The summed E-state index contributed by atoms with van der Waals surface area (Å²) in [5.41, 5.74) is 1.37. The van der Waals surface area contributed by atoms with Gasteiger partial charge in [-0.25, -0.2) is 9.97 Å². The fraction of sp³-hybridized carbons (Fsp3) is 0.267. The van der Waals surface area contributed by atoms with E-state index in [-0.39, 0.29) is 5.91 Å². The van der Waals surface area contributed by atoms with Crippen molar-refractivity contribution in [1.29, 1.82) is 0 Å². The van der Waals surface area contributed by atoms with Crippen LogP contribution in [-0.2, 0) is 0 Å². The second kappa shape index (κ2) is 5.40. The third kappa shape index (κ3) is 2.52. The highest BCUT2D eigenvalue weighted by Gasteiger charge is 2.26. The molecule has 1 amide bonds. The first kappa shape index (κ1) is 13.4. The summed E-state index contributed by atoms with van der Waals surface area (Å²) in [5.74, 6) is 1.15. The van der Waals surface area contributed by atoms with Crippen LogP contribution in [0.4, 0.5) is 17.3 Å². The minimum Gasteiger partial charge on any atom is -0.362 e. The molecule has 1 aromatic heterocycles. The Balaban J connectivity index is 1.87. The van der Waals surface area contributed by atoms with Crippen molar-refractivity contribution in [3.8, 4) is 0 Å². The maximum absolute atomic E-state index is 12.2. The van der Waals surface area contributed by atoms with Crippen LogP contribution < -0.4 is 15.5 Å². The zero-order valence-corrected chi connectivity index (χ0v) is 12.0. The minimum absolute atomic E-state index is 0.179. The van der Waals surface area contributed by atoms with Crippen LogP contribution in [0.3, 0.4) is 0 Å². The predicted octanol–water partition coefficient (Wildman–Crippen LogP) is 2.33. The van der Waals surface area contributed by atoms with Crippen molar-refractivity contribution in [3.05, 3.63) is 42.2 Å². The van der Waals surface area contributed by atoms with Gasteiger partial charge in [0.25, 0.3) is 5.91 Å². The Kier molecular flexibility index (Phi) is 3.43. The Bertz CT molecular complexity index is 656. The molecule has 0 radical (unpaired) electrons. The summed E-state index contributed by atoms with van der Waals surface area (Å²) in [6, 6.07) is 9.40. The minimum atomic E-state index is -0.179. The van der Waals surface area contributed by atoms with Crippen molar-refractivity contribution < 1.29 is 4.79 Å². The summed E-state index contributed by atoms with van der Waals surface area (Å²) >= 11 is 0. The van der Waals surface area contributed by atoms with Crippen molar-refractivity contribution in [3.63, 3.8) is 0 Å². The molecular weight excluding hydrogens is 266 g/mol. The molecule has 0 aliphatic carbocycles. The van der Waals surface area contributed by atoms with Gasteiger partial charge in [0.2, 0.25) is 0 Å². The standard InChI is InChI=1S/C15H17N5O/c1-10(2)20-9-18-12-13(16-8-17-14(12)20)19-15(21)11-6-4-3-5-7-11/h3-8,10,18H,9H2,1-2H3,(H,16,17,19,21). The second-order valence-corrected chi connectivity index (χ2v) is 5.14. The Hall–Kier alpha value is -2.63. The Morgan fingerprint density at radius 3 is 2.76 bits per heavy atom. The number of nitrogens with one attached hydrogen (secondary N) is 2. The molecule has 2 heterocycles. The molecule has 0 bridgehead atoms. The molecule has 0 spiro atoms. The number of carbonyl (C=O) groups excluding carboxylic acids is 1. The normalized spacial score (nSPS) is 13.0. The number of carbonyl (C=O) groups is 1. The summed E-state index contributed by atoms with van der Waals surface area (Å²) in [4.78, 5) is 22.8. The quantitative estimate of drug-likeness (QED) is 0.904. The van der Waals surface area contributed by atoms with Gasteiger partial charge in [-0.2, -0.15) is 0 Å². The molecule has 0 fully saturated rings. The van der Waals surface area contributed by atoms with E-state index in [9.17, 15) is 4.79 Å². The van der Waals surface area contributed by atoms with E-state index in [0.717, 1.165) is 11.5 Å². The molecule has 0 unspecified atom stereocenters. The van der Waals surface area contributed by atoms with Crippen molar-refractivity contribution in [2.45, 2.75) is 19.9 Å². The van der Waals surface area contributed by atoms with Gasteiger partial charge in [-0.1, -0.05) is 18.2 Å². The van der Waals surface area contributed by atoms with Gasteiger partial charge in [0.05, 0.1) is 6.67 Å². The van der Waals surface area contributed by atoms with Crippen molar-refractivity contribution in [2.75, 3.05) is 22.2 Å². The van der Waals surface area contributed by atoms with Gasteiger partial charge in [-0.15, -0.1) is 0 Å². The summed E-state index contributed by atoms with van der Waals surface area (Å²) in [6.45, 7) is 4.86. The van der Waals surface area contributed by atoms with Crippen molar-refractivity contribution in [2.24, 2.45) is 0 Å². The lowest BCUT2D eigenvalue weighted by atomic mass is 10.2. The molecule has 1 aromatic carbocycles. The monoisotopic (exact) mass is 283 g/mol. The van der Waals surface area contributed by atoms with E-state index in [4.69, 9.17) is 0 Å².